The second-order valence-corrected chi connectivity index (χ2v) is 6.23. The topological polar surface area (TPSA) is 29.3 Å². The molecule has 1 saturated carbocycles. The molecule has 106 valence electrons. The van der Waals surface area contributed by atoms with Crippen molar-refractivity contribution in [3.63, 3.8) is 0 Å². The van der Waals surface area contributed by atoms with E-state index in [1.807, 2.05) is 12.1 Å². The van der Waals surface area contributed by atoms with E-state index < -0.39 is 0 Å². The number of halogens is 1. The van der Waals surface area contributed by atoms with E-state index in [1.165, 1.54) is 24.9 Å². The fourth-order valence-corrected chi connectivity index (χ4v) is 3.00. The van der Waals surface area contributed by atoms with Crippen molar-refractivity contribution in [1.29, 1.82) is 0 Å². The summed E-state index contributed by atoms with van der Waals surface area (Å²) in [5.41, 5.74) is 7.51. The number of rotatable bonds is 7. The van der Waals surface area contributed by atoms with Gasteiger partial charge in [-0.1, -0.05) is 30.7 Å². The van der Waals surface area contributed by atoms with Crippen LogP contribution < -0.4 is 5.73 Å². The lowest BCUT2D eigenvalue weighted by Crippen LogP contribution is -2.41. The first-order valence-corrected chi connectivity index (χ1v) is 7.74. The first-order chi connectivity index (χ1) is 9.11. The van der Waals surface area contributed by atoms with E-state index in [0.717, 1.165) is 23.9 Å². The molecular weight excluding hydrogens is 256 g/mol. The van der Waals surface area contributed by atoms with Gasteiger partial charge in [0.05, 0.1) is 0 Å². The molecule has 1 fully saturated rings. The quantitative estimate of drug-likeness (QED) is 0.822. The van der Waals surface area contributed by atoms with Gasteiger partial charge in [0.1, 0.15) is 0 Å². The monoisotopic (exact) mass is 280 g/mol. The molecule has 1 aliphatic rings. The first kappa shape index (κ1) is 14.8. The van der Waals surface area contributed by atoms with Gasteiger partial charge in [0.2, 0.25) is 0 Å². The normalized spacial score (nSPS) is 18.6. The minimum atomic E-state index is 0.115. The maximum atomic E-state index is 6.26. The van der Waals surface area contributed by atoms with Crippen molar-refractivity contribution in [3.05, 3.63) is 34.9 Å². The summed E-state index contributed by atoms with van der Waals surface area (Å²) in [6.07, 6.45) is 3.92. The van der Waals surface area contributed by atoms with E-state index >= 15 is 0 Å². The van der Waals surface area contributed by atoms with E-state index in [9.17, 15) is 0 Å². The van der Waals surface area contributed by atoms with Crippen LogP contribution in [0.5, 0.6) is 0 Å². The highest BCUT2D eigenvalue weighted by molar-refractivity contribution is 6.30. The van der Waals surface area contributed by atoms with E-state index in [0.29, 0.717) is 0 Å². The van der Waals surface area contributed by atoms with Crippen molar-refractivity contribution in [2.45, 2.75) is 45.2 Å². The van der Waals surface area contributed by atoms with E-state index in [-0.39, 0.29) is 12.1 Å². The van der Waals surface area contributed by atoms with Crippen LogP contribution in [0, 0.1) is 5.92 Å². The van der Waals surface area contributed by atoms with Gasteiger partial charge < -0.3 is 5.73 Å². The van der Waals surface area contributed by atoms with Gasteiger partial charge in [-0.2, -0.15) is 0 Å². The van der Waals surface area contributed by atoms with Crippen molar-refractivity contribution in [1.82, 2.24) is 4.90 Å². The maximum absolute atomic E-state index is 6.26. The Hall–Kier alpha value is -0.570. The average Bonchev–Trinajstić information content (AvgIpc) is 3.13. The lowest BCUT2D eigenvalue weighted by molar-refractivity contribution is 0.169. The first-order valence-electron chi connectivity index (χ1n) is 7.37. The van der Waals surface area contributed by atoms with Crippen LogP contribution in [0.4, 0.5) is 0 Å². The highest BCUT2D eigenvalue weighted by Crippen LogP contribution is 2.34. The standard InChI is InChI=1S/C16H25ClN2/c1-3-9-19(11-13-7-8-13)16(12(2)18)14-5-4-6-15(17)10-14/h4-6,10,12-13,16H,3,7-9,11,18H2,1-2H3. The molecule has 2 nitrogen and oxygen atoms in total. The second kappa shape index (κ2) is 6.74. The summed E-state index contributed by atoms with van der Waals surface area (Å²) in [5.74, 6) is 0.881. The molecule has 0 aliphatic heterocycles. The van der Waals surface area contributed by atoms with Crippen molar-refractivity contribution in [2.24, 2.45) is 11.7 Å². The summed E-state index contributed by atoms with van der Waals surface area (Å²) in [4.78, 5) is 2.55. The molecule has 3 heteroatoms. The number of hydrogen-bond donors (Lipinski definition) is 1. The number of nitrogens with zero attached hydrogens (tertiary/aromatic N) is 1. The molecule has 0 spiro atoms. The van der Waals surface area contributed by atoms with E-state index in [2.05, 4.69) is 30.9 Å². The third kappa shape index (κ3) is 4.20. The maximum Gasteiger partial charge on any atom is 0.0497 e. The SMILES string of the molecule is CCCN(CC1CC1)C(c1cccc(Cl)c1)C(C)N. The smallest absolute Gasteiger partial charge is 0.0497 e. The van der Waals surface area contributed by atoms with Gasteiger partial charge in [-0.05, 0) is 56.3 Å². The number of nitrogens with two attached hydrogens (primary N) is 1. The van der Waals surface area contributed by atoms with Crippen LogP contribution in [0.3, 0.4) is 0 Å². The molecule has 0 aromatic heterocycles. The average molecular weight is 281 g/mol. The molecule has 0 saturated heterocycles. The van der Waals surface area contributed by atoms with Gasteiger partial charge in [-0.15, -0.1) is 0 Å². The minimum absolute atomic E-state index is 0.115. The Balaban J connectivity index is 2.20. The van der Waals surface area contributed by atoms with Crippen LogP contribution in [-0.4, -0.2) is 24.0 Å². The largest absolute Gasteiger partial charge is 0.326 e. The summed E-state index contributed by atoms with van der Waals surface area (Å²) < 4.78 is 0. The summed E-state index contributed by atoms with van der Waals surface area (Å²) in [5, 5.41) is 0.797. The molecule has 0 bridgehead atoms. The third-order valence-corrected chi connectivity index (χ3v) is 4.02. The van der Waals surface area contributed by atoms with Crippen LogP contribution in [-0.2, 0) is 0 Å². The number of benzene rings is 1. The minimum Gasteiger partial charge on any atom is -0.326 e. The Morgan fingerprint density at radius 2 is 2.16 bits per heavy atom. The molecular formula is C16H25ClN2. The lowest BCUT2D eigenvalue weighted by atomic mass is 9.98. The predicted molar refractivity (Wildman–Crippen MR) is 82.4 cm³/mol. The Bertz CT molecular complexity index is 401. The molecule has 2 unspecified atom stereocenters. The van der Waals surface area contributed by atoms with E-state index in [1.54, 1.807) is 0 Å². The molecule has 2 rings (SSSR count). The van der Waals surface area contributed by atoms with Crippen LogP contribution in [0.1, 0.15) is 44.7 Å². The molecule has 2 N–H and O–H groups in total. The second-order valence-electron chi connectivity index (χ2n) is 5.80. The van der Waals surface area contributed by atoms with Gasteiger partial charge in [0, 0.05) is 23.7 Å². The van der Waals surface area contributed by atoms with Crippen LogP contribution in [0.15, 0.2) is 24.3 Å². The fourth-order valence-electron chi connectivity index (χ4n) is 2.80. The van der Waals surface area contributed by atoms with Crippen molar-refractivity contribution in [2.75, 3.05) is 13.1 Å². The summed E-state index contributed by atoms with van der Waals surface area (Å²) in [6, 6.07) is 8.55. The number of hydrogen-bond acceptors (Lipinski definition) is 2. The lowest BCUT2D eigenvalue weighted by Gasteiger charge is -2.34. The fraction of sp³-hybridized carbons (Fsp3) is 0.625. The summed E-state index contributed by atoms with van der Waals surface area (Å²) in [7, 11) is 0. The Morgan fingerprint density at radius 3 is 2.68 bits per heavy atom. The molecule has 2 atom stereocenters. The van der Waals surface area contributed by atoms with Crippen LogP contribution >= 0.6 is 11.6 Å². The van der Waals surface area contributed by atoms with E-state index in [4.69, 9.17) is 17.3 Å². The van der Waals surface area contributed by atoms with Gasteiger partial charge >= 0.3 is 0 Å². The highest BCUT2D eigenvalue weighted by atomic mass is 35.5. The summed E-state index contributed by atoms with van der Waals surface area (Å²) in [6.45, 7) is 6.61. The highest BCUT2D eigenvalue weighted by Gasteiger charge is 2.30. The molecule has 1 aromatic rings. The Kier molecular flexibility index (Phi) is 5.26. The van der Waals surface area contributed by atoms with Crippen molar-refractivity contribution in [3.8, 4) is 0 Å². The Labute approximate surface area is 121 Å². The molecule has 0 radical (unpaired) electrons. The Morgan fingerprint density at radius 1 is 1.42 bits per heavy atom. The molecule has 1 aromatic carbocycles. The van der Waals surface area contributed by atoms with Crippen LogP contribution in [0.25, 0.3) is 0 Å². The summed E-state index contributed by atoms with van der Waals surface area (Å²) >= 11 is 6.13. The zero-order valence-corrected chi connectivity index (χ0v) is 12.7. The molecule has 1 aliphatic carbocycles. The van der Waals surface area contributed by atoms with Gasteiger partial charge in [0.25, 0.3) is 0 Å². The van der Waals surface area contributed by atoms with Crippen molar-refractivity contribution < 1.29 is 0 Å². The van der Waals surface area contributed by atoms with Gasteiger partial charge in [0.15, 0.2) is 0 Å². The zero-order chi connectivity index (χ0) is 13.8. The van der Waals surface area contributed by atoms with Crippen molar-refractivity contribution >= 4 is 11.6 Å². The molecule has 19 heavy (non-hydrogen) atoms. The zero-order valence-electron chi connectivity index (χ0n) is 12.0. The van der Waals surface area contributed by atoms with Crippen LogP contribution in [0.2, 0.25) is 5.02 Å². The van der Waals surface area contributed by atoms with Gasteiger partial charge in [-0.25, -0.2) is 0 Å². The third-order valence-electron chi connectivity index (χ3n) is 3.78. The molecule has 0 heterocycles. The predicted octanol–water partition coefficient (Wildman–Crippen LogP) is 3.85. The molecule has 0 amide bonds. The van der Waals surface area contributed by atoms with Gasteiger partial charge in [-0.3, -0.25) is 4.90 Å².